The zero-order valence-corrected chi connectivity index (χ0v) is 9.27. The van der Waals surface area contributed by atoms with Gasteiger partial charge >= 0.3 is 5.97 Å². The van der Waals surface area contributed by atoms with Gasteiger partial charge in [0.2, 0.25) is 0 Å². The van der Waals surface area contributed by atoms with Crippen LogP contribution in [0.5, 0.6) is 0 Å². The van der Waals surface area contributed by atoms with Gasteiger partial charge in [-0.2, -0.15) is 0 Å². The Kier molecular flexibility index (Phi) is 4.54. The smallest absolute Gasteiger partial charge is 0.354 e. The number of ether oxygens (including phenoxy) is 1. The summed E-state index contributed by atoms with van der Waals surface area (Å²) in [5.41, 5.74) is 12.8. The van der Waals surface area contributed by atoms with Crippen molar-refractivity contribution in [2.24, 2.45) is 11.5 Å². The van der Waals surface area contributed by atoms with Crippen molar-refractivity contribution >= 4 is 11.5 Å². The lowest BCUT2D eigenvalue weighted by molar-refractivity contribution is -0.138. The maximum atomic E-state index is 11.5. The second-order valence-corrected chi connectivity index (χ2v) is 3.18. The molecule has 1 aromatic rings. The SMILES string of the molecule is CCOC(=O)C(N)=C(CN)c1ccccc1. The van der Waals surface area contributed by atoms with Gasteiger partial charge in [0.05, 0.1) is 6.61 Å². The van der Waals surface area contributed by atoms with Gasteiger partial charge in [0.25, 0.3) is 0 Å². The third-order valence-corrected chi connectivity index (χ3v) is 2.15. The molecule has 1 rings (SSSR count). The van der Waals surface area contributed by atoms with Gasteiger partial charge in [0.1, 0.15) is 5.70 Å². The fourth-order valence-electron chi connectivity index (χ4n) is 1.35. The van der Waals surface area contributed by atoms with Crippen LogP contribution in [0.1, 0.15) is 12.5 Å². The van der Waals surface area contributed by atoms with Crippen LogP contribution in [0.3, 0.4) is 0 Å². The molecule has 0 radical (unpaired) electrons. The normalized spacial score (nSPS) is 11.9. The summed E-state index contributed by atoms with van der Waals surface area (Å²) in [6, 6.07) is 9.33. The standard InChI is InChI=1S/C12H16N2O2/c1-2-16-12(15)11(14)10(8-13)9-6-4-3-5-7-9/h3-7H,2,8,13-14H2,1H3. The van der Waals surface area contributed by atoms with Crippen molar-refractivity contribution in [1.29, 1.82) is 0 Å². The molecule has 16 heavy (non-hydrogen) atoms. The van der Waals surface area contributed by atoms with Crippen LogP contribution < -0.4 is 11.5 Å². The molecule has 1 aromatic carbocycles. The van der Waals surface area contributed by atoms with Gasteiger partial charge in [-0.1, -0.05) is 30.3 Å². The van der Waals surface area contributed by atoms with E-state index >= 15 is 0 Å². The minimum atomic E-state index is -0.521. The quantitative estimate of drug-likeness (QED) is 0.583. The molecule has 0 bridgehead atoms. The molecule has 0 unspecified atom stereocenters. The number of carbonyl (C=O) groups excluding carboxylic acids is 1. The van der Waals surface area contributed by atoms with Gasteiger partial charge in [-0.3, -0.25) is 0 Å². The van der Waals surface area contributed by atoms with E-state index in [2.05, 4.69) is 0 Å². The highest BCUT2D eigenvalue weighted by Gasteiger charge is 2.13. The summed E-state index contributed by atoms with van der Waals surface area (Å²) < 4.78 is 4.83. The van der Waals surface area contributed by atoms with Crippen LogP contribution in [0.2, 0.25) is 0 Å². The van der Waals surface area contributed by atoms with Gasteiger partial charge in [-0.15, -0.1) is 0 Å². The fourth-order valence-corrected chi connectivity index (χ4v) is 1.35. The Hall–Kier alpha value is -1.81. The van der Waals surface area contributed by atoms with Crippen molar-refractivity contribution in [3.05, 3.63) is 41.6 Å². The van der Waals surface area contributed by atoms with Crippen molar-refractivity contribution in [1.82, 2.24) is 0 Å². The molecule has 4 heteroatoms. The second-order valence-electron chi connectivity index (χ2n) is 3.18. The van der Waals surface area contributed by atoms with Gasteiger partial charge in [-0.05, 0) is 12.5 Å². The zero-order chi connectivity index (χ0) is 12.0. The molecule has 0 saturated heterocycles. The molecule has 4 N–H and O–H groups in total. The molecule has 0 aliphatic heterocycles. The molecule has 4 nitrogen and oxygen atoms in total. The van der Waals surface area contributed by atoms with Crippen LogP contribution in [0, 0.1) is 0 Å². The minimum absolute atomic E-state index is 0.0792. The number of esters is 1. The van der Waals surface area contributed by atoms with E-state index in [-0.39, 0.29) is 12.2 Å². The molecular formula is C12H16N2O2. The van der Waals surface area contributed by atoms with Crippen LogP contribution >= 0.6 is 0 Å². The molecule has 0 aliphatic carbocycles. The number of nitrogens with two attached hydrogens (primary N) is 2. The molecule has 0 aliphatic rings. The Labute approximate surface area is 94.9 Å². The summed E-state index contributed by atoms with van der Waals surface area (Å²) >= 11 is 0. The monoisotopic (exact) mass is 220 g/mol. The Bertz CT molecular complexity index is 385. The lowest BCUT2D eigenvalue weighted by Gasteiger charge is -2.09. The van der Waals surface area contributed by atoms with Crippen LogP contribution in [-0.2, 0) is 9.53 Å². The third-order valence-electron chi connectivity index (χ3n) is 2.15. The first-order valence-electron chi connectivity index (χ1n) is 5.12. The summed E-state index contributed by atoms with van der Waals surface area (Å²) in [7, 11) is 0. The summed E-state index contributed by atoms with van der Waals surface area (Å²) in [4.78, 5) is 11.5. The fraction of sp³-hybridized carbons (Fsp3) is 0.250. The van der Waals surface area contributed by atoms with Gasteiger partial charge in [0, 0.05) is 12.1 Å². The third kappa shape index (κ3) is 2.84. The Morgan fingerprint density at radius 2 is 1.94 bits per heavy atom. The van der Waals surface area contributed by atoms with E-state index in [1.807, 2.05) is 30.3 Å². The Balaban J connectivity index is 3.05. The van der Waals surface area contributed by atoms with Crippen LogP contribution in [0.15, 0.2) is 36.0 Å². The zero-order valence-electron chi connectivity index (χ0n) is 9.27. The molecule has 0 atom stereocenters. The molecule has 0 fully saturated rings. The average Bonchev–Trinajstić information content (AvgIpc) is 2.31. The van der Waals surface area contributed by atoms with Crippen molar-refractivity contribution in [2.45, 2.75) is 6.92 Å². The van der Waals surface area contributed by atoms with Crippen molar-refractivity contribution in [2.75, 3.05) is 13.2 Å². The first kappa shape index (κ1) is 12.3. The van der Waals surface area contributed by atoms with E-state index in [4.69, 9.17) is 16.2 Å². The Morgan fingerprint density at radius 1 is 1.31 bits per heavy atom. The highest BCUT2D eigenvalue weighted by molar-refractivity contribution is 5.97. The lowest BCUT2D eigenvalue weighted by Crippen LogP contribution is -2.20. The average molecular weight is 220 g/mol. The minimum Gasteiger partial charge on any atom is -0.461 e. The van der Waals surface area contributed by atoms with E-state index in [0.717, 1.165) is 5.56 Å². The lowest BCUT2D eigenvalue weighted by atomic mass is 10.0. The predicted octanol–water partition coefficient (Wildman–Crippen LogP) is 0.878. The highest BCUT2D eigenvalue weighted by atomic mass is 16.5. The van der Waals surface area contributed by atoms with Crippen LogP contribution in [0.4, 0.5) is 0 Å². The Morgan fingerprint density at radius 3 is 2.44 bits per heavy atom. The van der Waals surface area contributed by atoms with Crippen LogP contribution in [0.25, 0.3) is 5.57 Å². The van der Waals surface area contributed by atoms with Crippen LogP contribution in [-0.4, -0.2) is 19.1 Å². The summed E-state index contributed by atoms with van der Waals surface area (Å²) in [6.07, 6.45) is 0. The van der Waals surface area contributed by atoms with E-state index in [1.54, 1.807) is 6.92 Å². The number of hydrogen-bond donors (Lipinski definition) is 2. The molecule has 0 saturated carbocycles. The predicted molar refractivity (Wildman–Crippen MR) is 63.2 cm³/mol. The number of carbonyl (C=O) groups is 1. The van der Waals surface area contributed by atoms with Crippen molar-refractivity contribution < 1.29 is 9.53 Å². The largest absolute Gasteiger partial charge is 0.461 e. The van der Waals surface area contributed by atoms with Gasteiger partial charge in [-0.25, -0.2) is 4.79 Å². The number of benzene rings is 1. The van der Waals surface area contributed by atoms with E-state index in [1.165, 1.54) is 0 Å². The number of rotatable bonds is 4. The van der Waals surface area contributed by atoms with Gasteiger partial charge < -0.3 is 16.2 Å². The van der Waals surface area contributed by atoms with E-state index in [9.17, 15) is 4.79 Å². The molecule has 0 heterocycles. The second kappa shape index (κ2) is 5.92. The first-order valence-corrected chi connectivity index (χ1v) is 5.12. The van der Waals surface area contributed by atoms with Gasteiger partial charge in [0.15, 0.2) is 0 Å². The highest BCUT2D eigenvalue weighted by Crippen LogP contribution is 2.15. The maximum Gasteiger partial charge on any atom is 0.354 e. The molecule has 0 spiro atoms. The maximum absolute atomic E-state index is 11.5. The summed E-state index contributed by atoms with van der Waals surface area (Å²) in [5.74, 6) is -0.521. The molecule has 86 valence electrons. The molecule has 0 aromatic heterocycles. The summed E-state index contributed by atoms with van der Waals surface area (Å²) in [5, 5.41) is 0. The van der Waals surface area contributed by atoms with Crippen molar-refractivity contribution in [3.63, 3.8) is 0 Å². The molecule has 0 amide bonds. The van der Waals surface area contributed by atoms with E-state index < -0.39 is 5.97 Å². The van der Waals surface area contributed by atoms with Crippen molar-refractivity contribution in [3.8, 4) is 0 Å². The molecular weight excluding hydrogens is 204 g/mol. The summed E-state index contributed by atoms with van der Waals surface area (Å²) in [6.45, 7) is 2.23. The number of hydrogen-bond acceptors (Lipinski definition) is 4. The van der Waals surface area contributed by atoms with E-state index in [0.29, 0.717) is 12.2 Å². The topological polar surface area (TPSA) is 78.3 Å². The first-order chi connectivity index (χ1) is 7.70.